The molecule has 0 saturated heterocycles. The van der Waals surface area contributed by atoms with Crippen LogP contribution >= 0.6 is 0 Å². The van der Waals surface area contributed by atoms with Crippen LogP contribution in [-0.2, 0) is 0 Å². The van der Waals surface area contributed by atoms with Crippen LogP contribution in [0.2, 0.25) is 0 Å². The maximum Gasteiger partial charge on any atom is 0.144 e. The van der Waals surface area contributed by atoms with Crippen LogP contribution < -0.4 is 5.32 Å². The fraction of sp³-hybridized carbons (Fsp3) is 0.200. The highest BCUT2D eigenvalue weighted by molar-refractivity contribution is 5.72. The van der Waals surface area contributed by atoms with E-state index in [-0.39, 0.29) is 5.82 Å². The first-order valence-corrected chi connectivity index (χ1v) is 8.21. The first-order valence-electron chi connectivity index (χ1n) is 8.21. The average molecular weight is 319 g/mol. The highest BCUT2D eigenvalue weighted by Gasteiger charge is 2.20. The quantitative estimate of drug-likeness (QED) is 0.736. The Labute approximate surface area is 140 Å². The van der Waals surface area contributed by atoms with Crippen LogP contribution in [-0.4, -0.2) is 16.5 Å². The fourth-order valence-electron chi connectivity index (χ4n) is 2.70. The molecule has 1 N–H and O–H groups in total. The molecule has 0 atom stereocenters. The van der Waals surface area contributed by atoms with Crippen LogP contribution in [0.5, 0.6) is 0 Å². The van der Waals surface area contributed by atoms with Gasteiger partial charge in [-0.3, -0.25) is 4.98 Å². The summed E-state index contributed by atoms with van der Waals surface area (Å²) in [6.45, 7) is 0.936. The Morgan fingerprint density at radius 3 is 2.42 bits per heavy atom. The smallest absolute Gasteiger partial charge is 0.144 e. The van der Waals surface area contributed by atoms with Crippen molar-refractivity contribution in [2.75, 3.05) is 11.9 Å². The molecule has 4 heteroatoms. The van der Waals surface area contributed by atoms with Crippen molar-refractivity contribution in [2.24, 2.45) is 5.92 Å². The summed E-state index contributed by atoms with van der Waals surface area (Å²) in [5.74, 6) is 1.24. The molecule has 1 saturated carbocycles. The van der Waals surface area contributed by atoms with Crippen LogP contribution in [0.1, 0.15) is 12.8 Å². The van der Waals surface area contributed by atoms with Crippen molar-refractivity contribution < 1.29 is 4.39 Å². The summed E-state index contributed by atoms with van der Waals surface area (Å²) in [4.78, 5) is 8.74. The van der Waals surface area contributed by atoms with E-state index in [2.05, 4.69) is 15.3 Å². The predicted molar refractivity (Wildman–Crippen MR) is 94.1 cm³/mol. The van der Waals surface area contributed by atoms with E-state index in [0.717, 1.165) is 23.8 Å². The van der Waals surface area contributed by atoms with E-state index < -0.39 is 0 Å². The predicted octanol–water partition coefficient (Wildman–Crippen LogP) is 4.77. The Morgan fingerprint density at radius 1 is 0.917 bits per heavy atom. The molecule has 3 nitrogen and oxygen atoms in total. The zero-order valence-electron chi connectivity index (χ0n) is 13.2. The molecule has 1 heterocycles. The number of rotatable bonds is 5. The number of aromatic nitrogens is 2. The lowest BCUT2D eigenvalue weighted by atomic mass is 10.0. The average Bonchev–Trinajstić information content (AvgIpc) is 3.46. The fourth-order valence-corrected chi connectivity index (χ4v) is 2.70. The van der Waals surface area contributed by atoms with E-state index in [1.807, 2.05) is 36.4 Å². The van der Waals surface area contributed by atoms with Gasteiger partial charge in [-0.15, -0.1) is 0 Å². The van der Waals surface area contributed by atoms with E-state index in [1.54, 1.807) is 24.5 Å². The molecule has 0 aliphatic heterocycles. The molecule has 120 valence electrons. The summed E-state index contributed by atoms with van der Waals surface area (Å²) in [5.41, 5.74) is 2.44. The van der Waals surface area contributed by atoms with Crippen LogP contribution in [0.3, 0.4) is 0 Å². The second kappa shape index (κ2) is 6.40. The molecular weight excluding hydrogens is 301 g/mol. The zero-order valence-corrected chi connectivity index (χ0v) is 13.2. The third-order valence-electron chi connectivity index (χ3n) is 4.28. The number of halogens is 1. The summed E-state index contributed by atoms with van der Waals surface area (Å²) in [6.07, 6.45) is 5.88. The normalized spacial score (nSPS) is 13.7. The zero-order chi connectivity index (χ0) is 16.4. The van der Waals surface area contributed by atoms with E-state index in [1.165, 1.54) is 12.8 Å². The van der Waals surface area contributed by atoms with Gasteiger partial charge in [0.25, 0.3) is 0 Å². The molecule has 0 spiro atoms. The maximum absolute atomic E-state index is 14.9. The van der Waals surface area contributed by atoms with Crippen molar-refractivity contribution >= 4 is 5.82 Å². The van der Waals surface area contributed by atoms with Gasteiger partial charge in [0.2, 0.25) is 0 Å². The minimum Gasteiger partial charge on any atom is -0.369 e. The molecule has 0 radical (unpaired) electrons. The van der Waals surface area contributed by atoms with Gasteiger partial charge in [-0.1, -0.05) is 42.5 Å². The first-order chi connectivity index (χ1) is 11.8. The molecular formula is C20H18FN3. The molecule has 0 amide bonds. The van der Waals surface area contributed by atoms with Crippen molar-refractivity contribution in [3.63, 3.8) is 0 Å². The third-order valence-corrected chi connectivity index (χ3v) is 4.28. The lowest BCUT2D eigenvalue weighted by Crippen LogP contribution is -2.05. The second-order valence-electron chi connectivity index (χ2n) is 6.14. The largest absolute Gasteiger partial charge is 0.369 e. The summed E-state index contributed by atoms with van der Waals surface area (Å²) in [7, 11) is 0. The molecule has 2 aromatic carbocycles. The van der Waals surface area contributed by atoms with Crippen molar-refractivity contribution in [1.82, 2.24) is 9.97 Å². The van der Waals surface area contributed by atoms with Gasteiger partial charge in [-0.05, 0) is 30.4 Å². The summed E-state index contributed by atoms with van der Waals surface area (Å²) >= 11 is 0. The van der Waals surface area contributed by atoms with Crippen LogP contribution in [0.15, 0.2) is 60.9 Å². The van der Waals surface area contributed by atoms with E-state index in [9.17, 15) is 4.39 Å². The number of hydrogen-bond acceptors (Lipinski definition) is 3. The molecule has 0 bridgehead atoms. The summed E-state index contributed by atoms with van der Waals surface area (Å²) in [6, 6.07) is 14.9. The molecule has 1 aromatic heterocycles. The Balaban J connectivity index is 1.61. The van der Waals surface area contributed by atoms with Crippen molar-refractivity contribution in [3.8, 4) is 22.4 Å². The second-order valence-corrected chi connectivity index (χ2v) is 6.14. The van der Waals surface area contributed by atoms with Gasteiger partial charge in [0.15, 0.2) is 0 Å². The van der Waals surface area contributed by atoms with Gasteiger partial charge < -0.3 is 5.32 Å². The minimum absolute atomic E-state index is 0.267. The van der Waals surface area contributed by atoms with E-state index in [4.69, 9.17) is 0 Å². The molecule has 24 heavy (non-hydrogen) atoms. The summed E-state index contributed by atoms with van der Waals surface area (Å²) < 4.78 is 14.9. The van der Waals surface area contributed by atoms with Crippen LogP contribution in [0.4, 0.5) is 10.2 Å². The van der Waals surface area contributed by atoms with Crippen LogP contribution in [0, 0.1) is 11.7 Å². The Bertz CT molecular complexity index is 827. The monoisotopic (exact) mass is 319 g/mol. The topological polar surface area (TPSA) is 37.8 Å². The van der Waals surface area contributed by atoms with Gasteiger partial charge >= 0.3 is 0 Å². The number of hydrogen-bond donors (Lipinski definition) is 1. The van der Waals surface area contributed by atoms with Crippen molar-refractivity contribution in [2.45, 2.75) is 12.8 Å². The van der Waals surface area contributed by atoms with Gasteiger partial charge in [0, 0.05) is 17.7 Å². The SMILES string of the molecule is Fc1c(-c2ccccc2)cccc1-c1cnc(NCC2CC2)cn1. The lowest BCUT2D eigenvalue weighted by Gasteiger charge is -2.09. The van der Waals surface area contributed by atoms with Gasteiger partial charge in [0.1, 0.15) is 11.6 Å². The van der Waals surface area contributed by atoms with Crippen molar-refractivity contribution in [3.05, 3.63) is 66.7 Å². The highest BCUT2D eigenvalue weighted by atomic mass is 19.1. The first kappa shape index (κ1) is 14.8. The Kier molecular flexibility index (Phi) is 3.95. The third kappa shape index (κ3) is 3.13. The van der Waals surface area contributed by atoms with Gasteiger partial charge in [-0.25, -0.2) is 9.37 Å². The van der Waals surface area contributed by atoms with Crippen molar-refractivity contribution in [1.29, 1.82) is 0 Å². The van der Waals surface area contributed by atoms with E-state index in [0.29, 0.717) is 16.8 Å². The lowest BCUT2D eigenvalue weighted by molar-refractivity contribution is 0.634. The molecule has 0 unspecified atom stereocenters. The number of nitrogens with one attached hydrogen (secondary N) is 1. The Morgan fingerprint density at radius 2 is 1.71 bits per heavy atom. The standard InChI is InChI=1S/C20H18FN3/c21-20-16(15-5-2-1-3-6-15)7-4-8-17(20)18-12-24-19(13-22-18)23-11-14-9-10-14/h1-8,12-14H,9-11H2,(H,23,24). The van der Waals surface area contributed by atoms with Gasteiger partial charge in [0.05, 0.1) is 18.1 Å². The molecule has 1 aliphatic rings. The molecule has 4 rings (SSSR count). The van der Waals surface area contributed by atoms with Crippen LogP contribution in [0.25, 0.3) is 22.4 Å². The number of nitrogens with zero attached hydrogens (tertiary/aromatic N) is 2. The number of benzene rings is 2. The van der Waals surface area contributed by atoms with E-state index >= 15 is 0 Å². The van der Waals surface area contributed by atoms with Gasteiger partial charge in [-0.2, -0.15) is 0 Å². The molecule has 3 aromatic rings. The number of anilines is 1. The molecule has 1 aliphatic carbocycles. The molecule has 1 fully saturated rings. The summed E-state index contributed by atoms with van der Waals surface area (Å²) in [5, 5.41) is 3.27. The minimum atomic E-state index is -0.267. The highest BCUT2D eigenvalue weighted by Crippen LogP contribution is 2.30. The Hall–Kier alpha value is -2.75. The maximum atomic E-state index is 14.9.